The van der Waals surface area contributed by atoms with Gasteiger partial charge in [-0.3, -0.25) is 9.58 Å². The van der Waals surface area contributed by atoms with Crippen molar-refractivity contribution < 1.29 is 0 Å². The maximum Gasteiger partial charge on any atom is 0.0536 e. The lowest BCUT2D eigenvalue weighted by atomic mass is 10.1. The van der Waals surface area contributed by atoms with E-state index in [1.165, 1.54) is 0 Å². The average molecular weight is 281 g/mol. The van der Waals surface area contributed by atoms with Crippen molar-refractivity contribution in [1.82, 2.24) is 20.0 Å². The lowest BCUT2D eigenvalue weighted by Crippen LogP contribution is -2.54. The molecule has 6 heteroatoms. The number of aromatic nitrogens is 2. The summed E-state index contributed by atoms with van der Waals surface area (Å²) in [6.07, 6.45) is 3.86. The maximum atomic E-state index is 4.21. The summed E-state index contributed by atoms with van der Waals surface area (Å²) in [7, 11) is 0. The summed E-state index contributed by atoms with van der Waals surface area (Å²) >= 11 is 0. The minimum absolute atomic E-state index is 0. The van der Waals surface area contributed by atoms with Crippen molar-refractivity contribution in [2.75, 3.05) is 19.6 Å². The van der Waals surface area contributed by atoms with Gasteiger partial charge in [-0.1, -0.05) is 0 Å². The van der Waals surface area contributed by atoms with E-state index in [4.69, 9.17) is 0 Å². The number of hydrogen-bond acceptors (Lipinski definition) is 3. The molecule has 0 saturated carbocycles. The Morgan fingerprint density at radius 2 is 1.82 bits per heavy atom. The van der Waals surface area contributed by atoms with E-state index in [0.29, 0.717) is 12.1 Å². The highest BCUT2D eigenvalue weighted by molar-refractivity contribution is 5.85. The molecule has 0 amide bonds. The minimum Gasteiger partial charge on any atom is -0.309 e. The Bertz CT molecular complexity index is 282. The van der Waals surface area contributed by atoms with Crippen molar-refractivity contribution in [2.45, 2.75) is 32.5 Å². The zero-order valence-corrected chi connectivity index (χ0v) is 12.0. The SMILES string of the molecule is CC1CN(CCn2cccn2)CC(C)N1.Cl.Cl. The number of nitrogens with one attached hydrogen (secondary N) is 1. The van der Waals surface area contributed by atoms with Crippen LogP contribution in [0.3, 0.4) is 0 Å². The largest absolute Gasteiger partial charge is 0.309 e. The molecule has 0 aromatic carbocycles. The zero-order chi connectivity index (χ0) is 10.7. The van der Waals surface area contributed by atoms with Crippen molar-refractivity contribution >= 4 is 24.8 Å². The highest BCUT2D eigenvalue weighted by Crippen LogP contribution is 2.03. The first kappa shape index (κ1) is 16.7. The summed E-state index contributed by atoms with van der Waals surface area (Å²) in [5.41, 5.74) is 0. The van der Waals surface area contributed by atoms with Crippen LogP contribution in [0.1, 0.15) is 13.8 Å². The van der Waals surface area contributed by atoms with E-state index in [-0.39, 0.29) is 24.8 Å². The third kappa shape index (κ3) is 5.25. The monoisotopic (exact) mass is 280 g/mol. The second kappa shape index (κ2) is 7.93. The Labute approximate surface area is 116 Å². The van der Waals surface area contributed by atoms with Gasteiger partial charge in [0, 0.05) is 44.1 Å². The molecule has 2 atom stereocenters. The zero-order valence-electron chi connectivity index (χ0n) is 10.4. The molecule has 1 aliphatic heterocycles. The Balaban J connectivity index is 0.00000128. The molecule has 0 radical (unpaired) electrons. The topological polar surface area (TPSA) is 33.1 Å². The minimum atomic E-state index is 0. The van der Waals surface area contributed by atoms with Gasteiger partial charge in [-0.05, 0) is 19.9 Å². The van der Waals surface area contributed by atoms with E-state index in [1.54, 1.807) is 0 Å². The molecule has 1 aromatic rings. The molecule has 1 saturated heterocycles. The molecular weight excluding hydrogens is 259 g/mol. The highest BCUT2D eigenvalue weighted by atomic mass is 35.5. The van der Waals surface area contributed by atoms with Crippen LogP contribution < -0.4 is 5.32 Å². The quantitative estimate of drug-likeness (QED) is 0.909. The summed E-state index contributed by atoms with van der Waals surface area (Å²) in [4.78, 5) is 2.51. The van der Waals surface area contributed by atoms with Crippen LogP contribution in [0.25, 0.3) is 0 Å². The van der Waals surface area contributed by atoms with Gasteiger partial charge in [-0.15, -0.1) is 24.8 Å². The average Bonchev–Trinajstić information content (AvgIpc) is 2.65. The Hall–Kier alpha value is -0.290. The van der Waals surface area contributed by atoms with Gasteiger partial charge in [0.05, 0.1) is 6.54 Å². The number of rotatable bonds is 3. The van der Waals surface area contributed by atoms with Crippen molar-refractivity contribution in [1.29, 1.82) is 0 Å². The van der Waals surface area contributed by atoms with E-state index in [2.05, 4.69) is 29.2 Å². The lowest BCUT2D eigenvalue weighted by Gasteiger charge is -2.36. The van der Waals surface area contributed by atoms with Crippen molar-refractivity contribution in [3.8, 4) is 0 Å². The van der Waals surface area contributed by atoms with Gasteiger partial charge in [0.15, 0.2) is 0 Å². The predicted octanol–water partition coefficient (Wildman–Crippen LogP) is 1.41. The molecule has 1 fully saturated rings. The van der Waals surface area contributed by atoms with Gasteiger partial charge >= 0.3 is 0 Å². The van der Waals surface area contributed by atoms with Gasteiger partial charge in [0.25, 0.3) is 0 Å². The predicted molar refractivity (Wildman–Crippen MR) is 75.2 cm³/mol. The van der Waals surface area contributed by atoms with E-state index in [9.17, 15) is 0 Å². The molecule has 1 aliphatic rings. The van der Waals surface area contributed by atoms with Crippen LogP contribution in [-0.4, -0.2) is 46.4 Å². The van der Waals surface area contributed by atoms with E-state index >= 15 is 0 Å². The van der Waals surface area contributed by atoms with E-state index < -0.39 is 0 Å². The second-order valence-corrected chi connectivity index (χ2v) is 4.50. The number of piperazine rings is 1. The van der Waals surface area contributed by atoms with Crippen LogP contribution in [0.5, 0.6) is 0 Å². The van der Waals surface area contributed by atoms with Gasteiger partial charge in [-0.25, -0.2) is 0 Å². The molecule has 0 aliphatic carbocycles. The van der Waals surface area contributed by atoms with Gasteiger partial charge in [-0.2, -0.15) is 5.10 Å². The maximum absolute atomic E-state index is 4.21. The molecule has 1 N–H and O–H groups in total. The van der Waals surface area contributed by atoms with Crippen LogP contribution in [0.15, 0.2) is 18.5 Å². The summed E-state index contributed by atoms with van der Waals surface area (Å²) in [6, 6.07) is 3.18. The van der Waals surface area contributed by atoms with Gasteiger partial charge < -0.3 is 5.32 Å². The molecule has 100 valence electrons. The molecular formula is C11H22Cl2N4. The first-order chi connectivity index (χ1) is 7.24. The molecule has 0 bridgehead atoms. The molecule has 17 heavy (non-hydrogen) atoms. The standard InChI is InChI=1S/C11H20N4.2ClH/c1-10-8-14(9-11(2)13-10)6-7-15-5-3-4-12-15;;/h3-5,10-11,13H,6-9H2,1-2H3;2*1H. The summed E-state index contributed by atoms with van der Waals surface area (Å²) in [5.74, 6) is 0. The van der Waals surface area contributed by atoms with Gasteiger partial charge in [0.2, 0.25) is 0 Å². The van der Waals surface area contributed by atoms with Gasteiger partial charge in [0.1, 0.15) is 0 Å². The fourth-order valence-corrected chi connectivity index (χ4v) is 2.30. The number of nitrogens with zero attached hydrogens (tertiary/aromatic N) is 3. The van der Waals surface area contributed by atoms with Crippen molar-refractivity contribution in [2.24, 2.45) is 0 Å². The second-order valence-electron chi connectivity index (χ2n) is 4.50. The van der Waals surface area contributed by atoms with Crippen molar-refractivity contribution in [3.63, 3.8) is 0 Å². The summed E-state index contributed by atoms with van der Waals surface area (Å²) in [6.45, 7) is 8.87. The molecule has 4 nitrogen and oxygen atoms in total. The first-order valence-corrected chi connectivity index (χ1v) is 5.70. The Morgan fingerprint density at radius 3 is 2.35 bits per heavy atom. The fraction of sp³-hybridized carbons (Fsp3) is 0.727. The number of hydrogen-bond donors (Lipinski definition) is 1. The summed E-state index contributed by atoms with van der Waals surface area (Å²) in [5, 5.41) is 7.75. The van der Waals surface area contributed by atoms with Crippen molar-refractivity contribution in [3.05, 3.63) is 18.5 Å². The van der Waals surface area contributed by atoms with Crippen LogP contribution in [0.4, 0.5) is 0 Å². The Morgan fingerprint density at radius 1 is 1.18 bits per heavy atom. The summed E-state index contributed by atoms with van der Waals surface area (Å²) < 4.78 is 2.00. The van der Waals surface area contributed by atoms with Crippen LogP contribution in [0, 0.1) is 0 Å². The third-order valence-corrected chi connectivity index (χ3v) is 2.84. The smallest absolute Gasteiger partial charge is 0.0536 e. The third-order valence-electron chi connectivity index (χ3n) is 2.84. The van der Waals surface area contributed by atoms with Crippen LogP contribution in [0.2, 0.25) is 0 Å². The van der Waals surface area contributed by atoms with Crippen LogP contribution >= 0.6 is 24.8 Å². The molecule has 2 unspecified atom stereocenters. The first-order valence-electron chi connectivity index (χ1n) is 5.70. The molecule has 2 rings (SSSR count). The molecule has 0 spiro atoms. The molecule has 2 heterocycles. The lowest BCUT2D eigenvalue weighted by molar-refractivity contribution is 0.166. The highest BCUT2D eigenvalue weighted by Gasteiger charge is 2.20. The van der Waals surface area contributed by atoms with E-state index in [1.807, 2.05) is 23.1 Å². The number of halogens is 2. The van der Waals surface area contributed by atoms with Crippen LogP contribution in [-0.2, 0) is 6.54 Å². The fourth-order valence-electron chi connectivity index (χ4n) is 2.30. The van der Waals surface area contributed by atoms with E-state index in [0.717, 1.165) is 26.2 Å². The normalized spacial score (nSPS) is 24.8. The Kier molecular flexibility index (Phi) is 7.79. The molecule has 1 aromatic heterocycles.